The number of carboxylic acids is 2. The summed E-state index contributed by atoms with van der Waals surface area (Å²) in [5.41, 5.74) is 6.51. The molecule has 0 spiro atoms. The number of aliphatic hydroxyl groups excluding tert-OH is 1. The molecule has 1 aromatic rings. The van der Waals surface area contributed by atoms with Crippen molar-refractivity contribution in [1.82, 2.24) is 36.6 Å². The van der Waals surface area contributed by atoms with Crippen molar-refractivity contribution in [2.24, 2.45) is 17.6 Å². The average Bonchev–Trinajstić information content (AvgIpc) is 3.55. The van der Waals surface area contributed by atoms with Crippen molar-refractivity contribution < 1.29 is 48.9 Å². The molecule has 0 unspecified atom stereocenters. The summed E-state index contributed by atoms with van der Waals surface area (Å²) in [4.78, 5) is 94.9. The maximum atomic E-state index is 13.4. The van der Waals surface area contributed by atoms with Crippen LogP contribution in [-0.2, 0) is 40.0 Å². The van der Waals surface area contributed by atoms with Crippen LogP contribution in [-0.4, -0.2) is 109 Å². The van der Waals surface area contributed by atoms with Crippen LogP contribution < -0.4 is 32.3 Å². The number of hydrogen-bond acceptors (Lipinski definition) is 10. The molecule has 1 aromatic heterocycles. The Morgan fingerprint density at radius 2 is 1.33 bits per heavy atom. The van der Waals surface area contributed by atoms with Gasteiger partial charge in [0.05, 0.1) is 18.5 Å². The fraction of sp³-hybridized carbons (Fsp3) is 0.667. The molecule has 1 heterocycles. The molecule has 0 aromatic carbocycles. The van der Waals surface area contributed by atoms with Crippen LogP contribution in [0.25, 0.3) is 0 Å². The van der Waals surface area contributed by atoms with E-state index in [0.29, 0.717) is 18.5 Å². The highest BCUT2D eigenvalue weighted by Crippen LogP contribution is 2.10. The lowest BCUT2D eigenvalue weighted by Crippen LogP contribution is -2.61. The van der Waals surface area contributed by atoms with E-state index in [-0.39, 0.29) is 18.8 Å². The Kier molecular flexibility index (Phi) is 17.2. The Morgan fingerprint density at radius 3 is 1.83 bits per heavy atom. The summed E-state index contributed by atoms with van der Waals surface area (Å²) in [6.07, 6.45) is 1.39. The summed E-state index contributed by atoms with van der Waals surface area (Å²) in [5.74, 6) is -7.53. The molecule has 0 fully saturated rings. The first-order valence-corrected chi connectivity index (χ1v) is 15.8. The quantitative estimate of drug-likeness (QED) is 0.0683. The molecule has 0 aliphatic carbocycles. The number of imidazole rings is 1. The maximum absolute atomic E-state index is 13.4. The molecular weight excluding hydrogens is 632 g/mol. The number of amides is 5. The smallest absolute Gasteiger partial charge is 0.326 e. The Labute approximate surface area is 278 Å². The van der Waals surface area contributed by atoms with Crippen LogP contribution in [0.5, 0.6) is 0 Å². The number of carboxylic acid groups (broad SMARTS) is 2. The number of hydrogen-bond donors (Lipinski definition) is 10. The van der Waals surface area contributed by atoms with Crippen molar-refractivity contribution in [1.29, 1.82) is 0 Å². The zero-order valence-electron chi connectivity index (χ0n) is 28.1. The predicted molar refractivity (Wildman–Crippen MR) is 171 cm³/mol. The molecule has 18 nitrogen and oxygen atoms in total. The number of nitrogens with zero attached hydrogens (tertiary/aromatic N) is 1. The minimum absolute atomic E-state index is 0.0582. The van der Waals surface area contributed by atoms with E-state index in [1.54, 1.807) is 20.8 Å². The van der Waals surface area contributed by atoms with E-state index in [4.69, 9.17) is 10.8 Å². The third kappa shape index (κ3) is 13.3. The van der Waals surface area contributed by atoms with Gasteiger partial charge < -0.3 is 52.6 Å². The molecule has 0 aliphatic heterocycles. The van der Waals surface area contributed by atoms with Gasteiger partial charge in [0.1, 0.15) is 30.2 Å². The number of carbonyl (C=O) groups excluding carboxylic acids is 5. The van der Waals surface area contributed by atoms with Crippen LogP contribution >= 0.6 is 0 Å². The number of carbonyl (C=O) groups is 7. The number of aromatic nitrogens is 2. The Bertz CT molecular complexity index is 1260. The third-order valence-electron chi connectivity index (χ3n) is 8.04. The zero-order valence-corrected chi connectivity index (χ0v) is 28.1. The second-order valence-electron chi connectivity index (χ2n) is 11.9. The molecule has 0 radical (unpaired) electrons. The molecule has 1 rings (SSSR count). The molecule has 0 saturated heterocycles. The van der Waals surface area contributed by atoms with Crippen molar-refractivity contribution in [2.45, 2.75) is 116 Å². The molecule has 0 aliphatic rings. The van der Waals surface area contributed by atoms with Crippen LogP contribution in [0.3, 0.4) is 0 Å². The lowest BCUT2D eigenvalue weighted by Gasteiger charge is -2.27. The predicted octanol–water partition coefficient (Wildman–Crippen LogP) is -1.85. The molecule has 270 valence electrons. The van der Waals surface area contributed by atoms with E-state index in [1.165, 1.54) is 26.4 Å². The van der Waals surface area contributed by atoms with E-state index in [9.17, 15) is 43.8 Å². The minimum Gasteiger partial charge on any atom is -0.481 e. The van der Waals surface area contributed by atoms with Gasteiger partial charge in [0, 0.05) is 24.7 Å². The van der Waals surface area contributed by atoms with Crippen LogP contribution in [0, 0.1) is 11.8 Å². The number of nitrogens with one attached hydrogen (secondary N) is 6. The zero-order chi connectivity index (χ0) is 36.7. The average molecular weight is 683 g/mol. The summed E-state index contributed by atoms with van der Waals surface area (Å²) >= 11 is 0. The third-order valence-corrected chi connectivity index (χ3v) is 8.04. The van der Waals surface area contributed by atoms with Crippen LogP contribution in [0.15, 0.2) is 12.5 Å². The fourth-order valence-corrected chi connectivity index (χ4v) is 4.40. The van der Waals surface area contributed by atoms with Gasteiger partial charge in [-0.1, -0.05) is 40.5 Å². The first kappa shape index (κ1) is 41.4. The molecular formula is C30H50N8O10. The second-order valence-corrected chi connectivity index (χ2v) is 11.9. The van der Waals surface area contributed by atoms with Crippen molar-refractivity contribution in [3.8, 4) is 0 Å². The number of H-pyrrole nitrogens is 1. The summed E-state index contributed by atoms with van der Waals surface area (Å²) in [6, 6.07) is -7.88. The Balaban J connectivity index is 3.08. The van der Waals surface area contributed by atoms with Crippen molar-refractivity contribution >= 4 is 41.5 Å². The molecule has 11 N–H and O–H groups in total. The molecule has 48 heavy (non-hydrogen) atoms. The van der Waals surface area contributed by atoms with E-state index in [0.717, 1.165) is 0 Å². The highest BCUT2D eigenvalue weighted by atomic mass is 16.4. The summed E-state index contributed by atoms with van der Waals surface area (Å²) < 4.78 is 0. The number of aliphatic carboxylic acids is 2. The fourth-order valence-electron chi connectivity index (χ4n) is 4.40. The number of rotatable bonds is 21. The molecule has 18 heteroatoms. The van der Waals surface area contributed by atoms with Crippen LogP contribution in [0.2, 0.25) is 0 Å². The van der Waals surface area contributed by atoms with E-state index < -0.39 is 96.2 Å². The molecule has 0 bridgehead atoms. The first-order chi connectivity index (χ1) is 22.4. The van der Waals surface area contributed by atoms with Gasteiger partial charge in [-0.05, 0) is 32.1 Å². The van der Waals surface area contributed by atoms with E-state index >= 15 is 0 Å². The molecule has 0 saturated carbocycles. The molecule has 9 atom stereocenters. The lowest BCUT2D eigenvalue weighted by molar-refractivity contribution is -0.144. The monoisotopic (exact) mass is 682 g/mol. The van der Waals surface area contributed by atoms with Gasteiger partial charge in [-0.2, -0.15) is 0 Å². The number of aromatic amines is 1. The van der Waals surface area contributed by atoms with E-state index in [1.807, 2.05) is 6.92 Å². The summed E-state index contributed by atoms with van der Waals surface area (Å²) in [7, 11) is 0. The highest BCUT2D eigenvalue weighted by Gasteiger charge is 2.34. The highest BCUT2D eigenvalue weighted by molar-refractivity contribution is 5.96. The minimum atomic E-state index is -1.60. The second kappa shape index (κ2) is 19.9. The first-order valence-electron chi connectivity index (χ1n) is 15.8. The number of nitrogens with two attached hydrogens (primary N) is 1. The van der Waals surface area contributed by atoms with Crippen molar-refractivity contribution in [3.05, 3.63) is 18.2 Å². The SMILES string of the molecule is CC[C@H](C)[C@H](N)C(=O)N[C@@H](Cc1cnc[nH]1)C(=O)N[C@H](C(=O)N[C@@H](C)C(=O)N[C@@H](CCC(=O)O)C(=O)N[C@H](C(=O)O)[C@@H](C)CC)[C@@H](C)O. The molecule has 5 amide bonds. The largest absolute Gasteiger partial charge is 0.481 e. The topological polar surface area (TPSA) is 295 Å². The summed E-state index contributed by atoms with van der Waals surface area (Å²) in [6.45, 7) is 9.43. The Hall–Kier alpha value is -4.58. The number of aliphatic hydroxyl groups is 1. The van der Waals surface area contributed by atoms with Gasteiger partial charge in [0.25, 0.3) is 0 Å². The van der Waals surface area contributed by atoms with Gasteiger partial charge in [0.2, 0.25) is 29.5 Å². The summed E-state index contributed by atoms with van der Waals surface area (Å²) in [5, 5.41) is 41.0. The van der Waals surface area contributed by atoms with Gasteiger partial charge >= 0.3 is 11.9 Å². The van der Waals surface area contributed by atoms with Crippen molar-refractivity contribution in [3.63, 3.8) is 0 Å². The standard InChI is InChI=1S/C30H50N8O10/c1-7-14(3)22(31)28(45)36-20(11-18-12-32-13-33-18)27(44)38-24(17(6)39)29(46)34-16(5)25(42)35-19(9-10-21(40)41)26(43)37-23(30(47)48)15(4)8-2/h12-17,19-20,22-24,39H,7-11,31H2,1-6H3,(H,32,33)(H,34,46)(H,35,42)(H,36,45)(H,37,43)(H,38,44)(H,40,41)(H,47,48)/t14-,15-,16-,17+,19-,20-,22-,23-,24-/m0/s1. The normalized spacial score (nSPS) is 16.8. The van der Waals surface area contributed by atoms with Gasteiger partial charge in [-0.3, -0.25) is 28.8 Å². The van der Waals surface area contributed by atoms with Crippen LogP contribution in [0.1, 0.15) is 72.9 Å². The lowest BCUT2D eigenvalue weighted by atomic mass is 9.98. The van der Waals surface area contributed by atoms with Gasteiger partial charge in [-0.25, -0.2) is 9.78 Å². The van der Waals surface area contributed by atoms with E-state index in [2.05, 4.69) is 36.6 Å². The van der Waals surface area contributed by atoms with Crippen molar-refractivity contribution in [2.75, 3.05) is 0 Å². The van der Waals surface area contributed by atoms with Gasteiger partial charge in [-0.15, -0.1) is 0 Å². The van der Waals surface area contributed by atoms with Gasteiger partial charge in [0.15, 0.2) is 0 Å². The maximum Gasteiger partial charge on any atom is 0.326 e. The van der Waals surface area contributed by atoms with Crippen LogP contribution in [0.4, 0.5) is 0 Å². The Morgan fingerprint density at radius 1 is 0.771 bits per heavy atom.